The molecule has 96 valence electrons. The van der Waals surface area contributed by atoms with Crippen LogP contribution in [0.2, 0.25) is 0 Å². The van der Waals surface area contributed by atoms with Crippen molar-refractivity contribution in [2.45, 2.75) is 6.61 Å². The summed E-state index contributed by atoms with van der Waals surface area (Å²) in [4.78, 5) is 12.1. The van der Waals surface area contributed by atoms with Gasteiger partial charge in [0.15, 0.2) is 0 Å². The zero-order chi connectivity index (χ0) is 13.3. The molecular formula is C13H14BrNO3. The van der Waals surface area contributed by atoms with Gasteiger partial charge in [0, 0.05) is 31.2 Å². The van der Waals surface area contributed by atoms with E-state index in [1.807, 2.05) is 18.2 Å². The summed E-state index contributed by atoms with van der Waals surface area (Å²) in [6.45, 7) is 0.312. The molecule has 0 amide bonds. The number of methoxy groups -OCH3 is 2. The lowest BCUT2D eigenvalue weighted by molar-refractivity contribution is 0.183. The first-order valence-corrected chi connectivity index (χ1v) is 6.23. The zero-order valence-electron chi connectivity index (χ0n) is 10.5. The van der Waals surface area contributed by atoms with Crippen molar-refractivity contribution in [3.8, 4) is 5.75 Å². The number of fused-ring (bicyclic) bond motifs is 1. The maximum atomic E-state index is 12.1. The van der Waals surface area contributed by atoms with E-state index in [0.29, 0.717) is 17.9 Å². The van der Waals surface area contributed by atoms with Crippen LogP contribution in [0.4, 0.5) is 0 Å². The first-order valence-electron chi connectivity index (χ1n) is 5.43. The minimum atomic E-state index is -0.0475. The van der Waals surface area contributed by atoms with E-state index < -0.39 is 0 Å². The molecule has 0 spiro atoms. The Morgan fingerprint density at radius 1 is 1.28 bits per heavy atom. The molecule has 0 radical (unpaired) electrons. The van der Waals surface area contributed by atoms with Gasteiger partial charge in [-0.25, -0.2) is 0 Å². The van der Waals surface area contributed by atoms with E-state index in [1.165, 1.54) is 0 Å². The molecule has 0 atom stereocenters. The van der Waals surface area contributed by atoms with Crippen molar-refractivity contribution in [2.24, 2.45) is 7.05 Å². The molecule has 5 heteroatoms. The molecule has 0 N–H and O–H groups in total. The van der Waals surface area contributed by atoms with E-state index in [1.54, 1.807) is 25.8 Å². The average molecular weight is 312 g/mol. The number of nitrogens with zero attached hydrogens (tertiary/aromatic N) is 1. The number of rotatable bonds is 3. The number of halogens is 1. The van der Waals surface area contributed by atoms with Crippen molar-refractivity contribution in [3.63, 3.8) is 0 Å². The number of aryl methyl sites for hydroxylation is 1. The summed E-state index contributed by atoms with van der Waals surface area (Å²) in [6, 6.07) is 5.63. The molecule has 18 heavy (non-hydrogen) atoms. The number of aromatic nitrogens is 1. The Morgan fingerprint density at radius 3 is 2.61 bits per heavy atom. The topological polar surface area (TPSA) is 40.5 Å². The van der Waals surface area contributed by atoms with Gasteiger partial charge in [-0.3, -0.25) is 4.79 Å². The third-order valence-corrected chi connectivity index (χ3v) is 3.49. The van der Waals surface area contributed by atoms with Crippen LogP contribution in [0.5, 0.6) is 5.75 Å². The van der Waals surface area contributed by atoms with Crippen molar-refractivity contribution in [1.29, 1.82) is 0 Å². The molecule has 4 nitrogen and oxygen atoms in total. The van der Waals surface area contributed by atoms with Gasteiger partial charge in [-0.15, -0.1) is 0 Å². The molecule has 1 aromatic heterocycles. The summed E-state index contributed by atoms with van der Waals surface area (Å²) in [7, 11) is 4.92. The van der Waals surface area contributed by atoms with Gasteiger partial charge < -0.3 is 14.0 Å². The summed E-state index contributed by atoms with van der Waals surface area (Å²) in [5, 5.41) is 0.969. The lowest BCUT2D eigenvalue weighted by atomic mass is 10.1. The van der Waals surface area contributed by atoms with Crippen LogP contribution in [0.25, 0.3) is 10.9 Å². The highest BCUT2D eigenvalue weighted by molar-refractivity contribution is 9.10. The van der Waals surface area contributed by atoms with E-state index >= 15 is 0 Å². The SMILES string of the molecule is COCc1cc2cc(Br)c(OC)cc2n(C)c1=O. The van der Waals surface area contributed by atoms with Crippen LogP contribution in [0.15, 0.2) is 27.5 Å². The largest absolute Gasteiger partial charge is 0.495 e. The fourth-order valence-electron chi connectivity index (χ4n) is 1.95. The molecule has 2 aromatic rings. The third-order valence-electron chi connectivity index (χ3n) is 2.87. The molecule has 0 saturated heterocycles. The lowest BCUT2D eigenvalue weighted by Crippen LogP contribution is -2.21. The van der Waals surface area contributed by atoms with Crippen LogP contribution in [0, 0.1) is 0 Å². The minimum Gasteiger partial charge on any atom is -0.495 e. The van der Waals surface area contributed by atoms with Gasteiger partial charge in [-0.2, -0.15) is 0 Å². The van der Waals surface area contributed by atoms with Crippen LogP contribution in [0.1, 0.15) is 5.56 Å². The van der Waals surface area contributed by atoms with E-state index in [9.17, 15) is 4.79 Å². The molecule has 0 aliphatic rings. The standard InChI is InChI=1S/C13H14BrNO3/c1-15-11-6-12(18-3)10(14)5-8(11)4-9(7-17-2)13(15)16/h4-6H,7H2,1-3H3. The van der Waals surface area contributed by atoms with Gasteiger partial charge in [-0.05, 0) is 28.1 Å². The fraction of sp³-hybridized carbons (Fsp3) is 0.308. The highest BCUT2D eigenvalue weighted by Gasteiger charge is 2.10. The van der Waals surface area contributed by atoms with Gasteiger partial charge in [0.1, 0.15) is 5.75 Å². The van der Waals surface area contributed by atoms with Crippen molar-refractivity contribution < 1.29 is 9.47 Å². The van der Waals surface area contributed by atoms with Crippen molar-refractivity contribution in [1.82, 2.24) is 4.57 Å². The molecule has 0 bridgehead atoms. The Labute approximate surface area is 113 Å². The van der Waals surface area contributed by atoms with Gasteiger partial charge in [-0.1, -0.05) is 0 Å². The second-order valence-electron chi connectivity index (χ2n) is 4.01. The van der Waals surface area contributed by atoms with E-state index in [-0.39, 0.29) is 5.56 Å². The Kier molecular flexibility index (Phi) is 3.73. The molecular weight excluding hydrogens is 298 g/mol. The smallest absolute Gasteiger partial charge is 0.256 e. The summed E-state index contributed by atoms with van der Waals surface area (Å²) in [5.41, 5.74) is 1.43. The summed E-state index contributed by atoms with van der Waals surface area (Å²) in [5.74, 6) is 0.706. The summed E-state index contributed by atoms with van der Waals surface area (Å²) in [6.07, 6.45) is 0. The second-order valence-corrected chi connectivity index (χ2v) is 4.87. The molecule has 0 saturated carbocycles. The third kappa shape index (κ3) is 2.15. The van der Waals surface area contributed by atoms with Crippen molar-refractivity contribution >= 4 is 26.8 Å². The number of hydrogen-bond acceptors (Lipinski definition) is 3. The number of pyridine rings is 1. The summed E-state index contributed by atoms with van der Waals surface area (Å²) < 4.78 is 12.7. The molecule has 0 fully saturated rings. The molecule has 0 aliphatic carbocycles. The van der Waals surface area contributed by atoms with Crippen molar-refractivity contribution in [2.75, 3.05) is 14.2 Å². The lowest BCUT2D eigenvalue weighted by Gasteiger charge is -2.11. The average Bonchev–Trinajstić information content (AvgIpc) is 2.35. The van der Waals surface area contributed by atoms with E-state index in [0.717, 1.165) is 15.4 Å². The van der Waals surface area contributed by atoms with E-state index in [4.69, 9.17) is 9.47 Å². The van der Waals surface area contributed by atoms with Crippen molar-refractivity contribution in [3.05, 3.63) is 38.6 Å². The highest BCUT2D eigenvalue weighted by Crippen LogP contribution is 2.29. The molecule has 1 aromatic carbocycles. The Hall–Kier alpha value is -1.33. The first-order chi connectivity index (χ1) is 8.58. The van der Waals surface area contributed by atoms with Gasteiger partial charge in [0.05, 0.1) is 23.7 Å². The van der Waals surface area contributed by atoms with Gasteiger partial charge >= 0.3 is 0 Å². The molecule has 0 unspecified atom stereocenters. The molecule has 1 heterocycles. The Bertz CT molecular complexity index is 649. The maximum absolute atomic E-state index is 12.1. The molecule has 0 aliphatic heterocycles. The number of hydrogen-bond donors (Lipinski definition) is 0. The minimum absolute atomic E-state index is 0.0475. The number of benzene rings is 1. The first kappa shape index (κ1) is 13.1. The predicted octanol–water partition coefficient (Wildman–Crippen LogP) is 2.46. The molecule has 2 rings (SSSR count). The monoisotopic (exact) mass is 311 g/mol. The normalized spacial score (nSPS) is 10.9. The Morgan fingerprint density at radius 2 is 2.00 bits per heavy atom. The Balaban J connectivity index is 2.78. The zero-order valence-corrected chi connectivity index (χ0v) is 12.1. The van der Waals surface area contributed by atoms with Crippen LogP contribution < -0.4 is 10.3 Å². The van der Waals surface area contributed by atoms with Gasteiger partial charge in [0.2, 0.25) is 0 Å². The van der Waals surface area contributed by atoms with Crippen LogP contribution in [-0.2, 0) is 18.4 Å². The van der Waals surface area contributed by atoms with Crippen LogP contribution in [0.3, 0.4) is 0 Å². The van der Waals surface area contributed by atoms with Crippen LogP contribution in [-0.4, -0.2) is 18.8 Å². The highest BCUT2D eigenvalue weighted by atomic mass is 79.9. The summed E-state index contributed by atoms with van der Waals surface area (Å²) >= 11 is 3.44. The van der Waals surface area contributed by atoms with E-state index in [2.05, 4.69) is 15.9 Å². The second kappa shape index (κ2) is 5.12. The van der Waals surface area contributed by atoms with Gasteiger partial charge in [0.25, 0.3) is 5.56 Å². The predicted molar refractivity (Wildman–Crippen MR) is 74.2 cm³/mol. The number of ether oxygens (including phenoxy) is 2. The quantitative estimate of drug-likeness (QED) is 0.874. The van der Waals surface area contributed by atoms with Crippen LogP contribution >= 0.6 is 15.9 Å². The maximum Gasteiger partial charge on any atom is 0.256 e. The fourth-order valence-corrected chi connectivity index (χ4v) is 2.48.